The van der Waals surface area contributed by atoms with Crippen LogP contribution in [0.1, 0.15) is 31.2 Å². The van der Waals surface area contributed by atoms with E-state index in [1.807, 2.05) is 30.5 Å². The van der Waals surface area contributed by atoms with Crippen molar-refractivity contribution in [3.63, 3.8) is 0 Å². The van der Waals surface area contributed by atoms with Crippen molar-refractivity contribution < 1.29 is 26.0 Å². The van der Waals surface area contributed by atoms with E-state index in [9.17, 15) is 4.79 Å². The average molecular weight is 518 g/mol. The predicted octanol–water partition coefficient (Wildman–Crippen LogP) is 2.34. The van der Waals surface area contributed by atoms with Gasteiger partial charge in [0.1, 0.15) is 0 Å². The molecule has 1 N–H and O–H groups in total. The van der Waals surface area contributed by atoms with Crippen molar-refractivity contribution in [1.82, 2.24) is 9.97 Å². The number of Topliss-reactive ketones (excluding diaryl/α,β-unsaturated/α-hetero) is 1. The second-order valence-corrected chi connectivity index (χ2v) is 11.2. The summed E-state index contributed by atoms with van der Waals surface area (Å²) < 4.78 is 2.48. The molecule has 1 aromatic carbocycles. The van der Waals surface area contributed by atoms with Crippen molar-refractivity contribution >= 4 is 28.1 Å². The second kappa shape index (κ2) is 10.3. The van der Waals surface area contributed by atoms with Gasteiger partial charge in [0.2, 0.25) is 0 Å². The number of hydrogen-bond acceptors (Lipinski definition) is 5. The Morgan fingerprint density at radius 3 is 2.93 bits per heavy atom. The molecule has 0 radical (unpaired) electrons. The zero-order valence-electron chi connectivity index (χ0n) is 16.3. The van der Waals surface area contributed by atoms with Crippen molar-refractivity contribution in [2.24, 2.45) is 5.92 Å². The Bertz CT molecular complexity index is 944. The maximum absolute atomic E-state index is 12.6. The fraction of sp³-hybridized carbons (Fsp3) is 0.348. The predicted molar refractivity (Wildman–Crippen MR) is 115 cm³/mol. The normalized spacial score (nSPS) is 18.2. The molecular formula is C23H25IN3OS-. The van der Waals surface area contributed by atoms with Crippen LogP contribution in [0.15, 0.2) is 54.0 Å². The number of nitrogens with zero attached hydrogens (tertiary/aromatic N) is 2. The molecule has 152 valence electrons. The van der Waals surface area contributed by atoms with Gasteiger partial charge in [0, 0.05) is 0 Å². The third-order valence-electron chi connectivity index (χ3n) is 5.06. The summed E-state index contributed by atoms with van der Waals surface area (Å²) in [4.78, 5) is 21.8. The van der Waals surface area contributed by atoms with E-state index in [4.69, 9.17) is 0 Å². The van der Waals surface area contributed by atoms with E-state index in [0.29, 0.717) is 5.78 Å². The molecule has 0 aliphatic carbocycles. The van der Waals surface area contributed by atoms with Crippen LogP contribution in [0.4, 0.5) is 10.9 Å². The molecule has 0 saturated carbocycles. The number of hydrogen-bond donors (Lipinski definition) is 1. The summed E-state index contributed by atoms with van der Waals surface area (Å²) in [7, 11) is 0. The number of nitrogens with one attached hydrogen (secondary N) is 1. The van der Waals surface area contributed by atoms with Crippen LogP contribution in [0.25, 0.3) is 11.3 Å². The van der Waals surface area contributed by atoms with Crippen molar-refractivity contribution in [3.05, 3.63) is 59.6 Å². The summed E-state index contributed by atoms with van der Waals surface area (Å²) in [6.45, 7) is 0. The Morgan fingerprint density at radius 2 is 2.03 bits per heavy atom. The van der Waals surface area contributed by atoms with E-state index in [1.165, 1.54) is 22.8 Å². The fourth-order valence-corrected chi connectivity index (χ4v) is 7.27. The molecule has 3 aromatic rings. The zero-order valence-corrected chi connectivity index (χ0v) is 19.3. The first kappa shape index (κ1) is 20.5. The molecule has 6 heteroatoms. The monoisotopic (exact) mass is 518 g/mol. The topological polar surface area (TPSA) is 54.9 Å². The number of carbonyl (C=O) groups excluding carboxylic acids is 1. The van der Waals surface area contributed by atoms with E-state index in [1.54, 1.807) is 11.3 Å². The van der Waals surface area contributed by atoms with Crippen LogP contribution in [0.5, 0.6) is 0 Å². The molecule has 1 saturated heterocycles. The van der Waals surface area contributed by atoms with Gasteiger partial charge in [0.15, 0.2) is 0 Å². The van der Waals surface area contributed by atoms with Crippen molar-refractivity contribution in [2.75, 3.05) is 14.2 Å². The van der Waals surface area contributed by atoms with Crippen molar-refractivity contribution in [1.29, 1.82) is 0 Å². The number of alkyl halides is 2. The molecule has 1 aliphatic rings. The molecule has 0 bridgehead atoms. The van der Waals surface area contributed by atoms with Gasteiger partial charge in [0.05, 0.1) is 0 Å². The van der Waals surface area contributed by atoms with E-state index < -0.39 is 0 Å². The number of ketones is 1. The summed E-state index contributed by atoms with van der Waals surface area (Å²) >= 11 is 1.73. The zero-order chi connectivity index (χ0) is 19.9. The first-order valence-corrected chi connectivity index (χ1v) is 14.0. The summed E-state index contributed by atoms with van der Waals surface area (Å²) in [6.07, 6.45) is 7.03. The maximum atomic E-state index is 12.6. The molecule has 4 nitrogen and oxygen atoms in total. The average Bonchev–Trinajstić information content (AvgIpc) is 3.23. The Kier molecular flexibility index (Phi) is 7.27. The molecule has 0 spiro atoms. The number of pyridine rings is 1. The van der Waals surface area contributed by atoms with Gasteiger partial charge in [-0.15, -0.1) is 0 Å². The van der Waals surface area contributed by atoms with Gasteiger partial charge in [-0.1, -0.05) is 18.2 Å². The number of rotatable bonds is 5. The minimum absolute atomic E-state index is 0.158. The Hall–Kier alpha value is -1.80. The molecule has 0 amide bonds. The van der Waals surface area contributed by atoms with E-state index >= 15 is 0 Å². The summed E-state index contributed by atoms with van der Waals surface area (Å²) in [5.74, 6) is 1.45. The quantitative estimate of drug-likeness (QED) is 0.417. The van der Waals surface area contributed by atoms with Crippen LogP contribution in [-0.4, -0.2) is 24.6 Å². The number of thiazole rings is 1. The fourth-order valence-electron chi connectivity index (χ4n) is 3.47. The molecule has 3 heterocycles. The van der Waals surface area contributed by atoms with Gasteiger partial charge >= 0.3 is 169 Å². The van der Waals surface area contributed by atoms with Gasteiger partial charge in [-0.25, -0.2) is 0 Å². The Morgan fingerprint density at radius 1 is 1.14 bits per heavy atom. The SMILES string of the molecule is O=C1CCCCC[I-]CC1Cc1ccnc(Nc2nc(-c3ccccc3)cs2)c1. The van der Waals surface area contributed by atoms with Crippen molar-refractivity contribution in [2.45, 2.75) is 32.1 Å². The summed E-state index contributed by atoms with van der Waals surface area (Å²) in [5.41, 5.74) is 3.26. The van der Waals surface area contributed by atoms with Gasteiger partial charge in [-0.3, -0.25) is 0 Å². The molecule has 2 aromatic heterocycles. The van der Waals surface area contributed by atoms with E-state index in [-0.39, 0.29) is 27.1 Å². The second-order valence-electron chi connectivity index (χ2n) is 7.29. The van der Waals surface area contributed by atoms with Gasteiger partial charge in [0.25, 0.3) is 0 Å². The summed E-state index contributed by atoms with van der Waals surface area (Å²) in [5, 5.41) is 6.22. The van der Waals surface area contributed by atoms with Crippen LogP contribution in [-0.2, 0) is 11.2 Å². The number of benzene rings is 1. The number of anilines is 2. The number of aromatic nitrogens is 2. The van der Waals surface area contributed by atoms with E-state index in [2.05, 4.69) is 38.9 Å². The molecule has 1 unspecified atom stereocenters. The first-order chi connectivity index (χ1) is 14.3. The molecule has 1 aliphatic heterocycles. The standard InChI is InChI=1S/C23H25IN3OS/c28-21-9-5-2-6-11-24-15-19(21)13-17-10-12-25-22(14-17)27-23-26-20(16-29-23)18-7-3-1-4-8-18/h1,3-4,7-8,10,12,14,16,19H,2,5-6,9,11,13,15H2,(H,25,26,27)/q-1. The summed E-state index contributed by atoms with van der Waals surface area (Å²) in [6, 6.07) is 14.3. The van der Waals surface area contributed by atoms with Crippen LogP contribution >= 0.6 is 11.3 Å². The van der Waals surface area contributed by atoms with Crippen LogP contribution in [0.3, 0.4) is 0 Å². The van der Waals surface area contributed by atoms with Crippen LogP contribution < -0.4 is 26.5 Å². The van der Waals surface area contributed by atoms with Gasteiger partial charge in [-0.2, -0.15) is 0 Å². The molecule has 1 fully saturated rings. The number of carbonyl (C=O) groups is 1. The Labute approximate surface area is 186 Å². The molecule has 29 heavy (non-hydrogen) atoms. The van der Waals surface area contributed by atoms with Gasteiger partial charge in [-0.05, 0) is 0 Å². The third kappa shape index (κ3) is 5.85. The number of halogens is 1. The molecule has 1 atom stereocenters. The third-order valence-corrected chi connectivity index (χ3v) is 9.03. The van der Waals surface area contributed by atoms with Crippen LogP contribution in [0.2, 0.25) is 0 Å². The van der Waals surface area contributed by atoms with Crippen molar-refractivity contribution in [3.8, 4) is 11.3 Å². The molecule has 4 rings (SSSR count). The van der Waals surface area contributed by atoms with Gasteiger partial charge < -0.3 is 0 Å². The van der Waals surface area contributed by atoms with Crippen LogP contribution in [0, 0.1) is 5.92 Å². The minimum atomic E-state index is 0.158. The van der Waals surface area contributed by atoms with E-state index in [0.717, 1.165) is 45.9 Å². The molecular weight excluding hydrogens is 493 g/mol. The first-order valence-electron chi connectivity index (χ1n) is 10.1. The Balaban J connectivity index is 1.43.